The number of amides is 1. The zero-order valence-electron chi connectivity index (χ0n) is 20.3. The molecule has 0 aliphatic heterocycles. The van der Waals surface area contributed by atoms with E-state index in [2.05, 4.69) is 28.2 Å². The van der Waals surface area contributed by atoms with E-state index >= 15 is 0 Å². The molecule has 184 valence electrons. The molecule has 2 N–H and O–H groups in total. The van der Waals surface area contributed by atoms with Gasteiger partial charge in [0.05, 0.1) is 16.8 Å². The highest BCUT2D eigenvalue weighted by Gasteiger charge is 2.23. The number of rotatable bonds is 7. The van der Waals surface area contributed by atoms with Crippen LogP contribution in [0.5, 0.6) is 0 Å². The smallest absolute Gasteiger partial charge is 0.263 e. The van der Waals surface area contributed by atoms with Crippen LogP contribution in [0.2, 0.25) is 5.02 Å². The Kier molecular flexibility index (Phi) is 7.53. The molecule has 3 aromatic carbocycles. The highest BCUT2D eigenvalue weighted by Crippen LogP contribution is 2.29. The van der Waals surface area contributed by atoms with Gasteiger partial charge in [0, 0.05) is 5.56 Å². The van der Waals surface area contributed by atoms with Crippen molar-refractivity contribution in [2.45, 2.75) is 63.8 Å². The van der Waals surface area contributed by atoms with Crippen molar-refractivity contribution in [3.63, 3.8) is 0 Å². The Hall–Kier alpha value is -2.83. The Morgan fingerprint density at radius 2 is 1.71 bits per heavy atom. The Labute approximate surface area is 213 Å². The normalized spacial score (nSPS) is 14.2. The molecule has 1 aliphatic rings. The van der Waals surface area contributed by atoms with E-state index in [9.17, 15) is 13.2 Å². The lowest BCUT2D eigenvalue weighted by molar-refractivity contribution is 0.0935. The summed E-state index contributed by atoms with van der Waals surface area (Å²) in [6.45, 7) is 5.74. The first-order valence-corrected chi connectivity index (χ1v) is 13.9. The van der Waals surface area contributed by atoms with Crippen molar-refractivity contribution in [1.29, 1.82) is 0 Å². The lowest BCUT2D eigenvalue weighted by Gasteiger charge is -2.22. The van der Waals surface area contributed by atoms with E-state index in [1.165, 1.54) is 36.1 Å². The first kappa shape index (κ1) is 25.3. The highest BCUT2D eigenvalue weighted by molar-refractivity contribution is 7.92. The Balaban J connectivity index is 1.57. The minimum Gasteiger partial charge on any atom is -0.345 e. The maximum atomic E-state index is 13.2. The van der Waals surface area contributed by atoms with Crippen molar-refractivity contribution in [3.8, 4) is 0 Å². The molecule has 0 unspecified atom stereocenters. The molecule has 0 saturated carbocycles. The summed E-state index contributed by atoms with van der Waals surface area (Å²) in [7, 11) is -4.00. The molecule has 1 atom stereocenters. The summed E-state index contributed by atoms with van der Waals surface area (Å²) in [5.74, 6) is -0.338. The third-order valence-corrected chi connectivity index (χ3v) is 8.46. The minimum atomic E-state index is -4.00. The minimum absolute atomic E-state index is 0.0566. The number of carbonyl (C=O) groups is 1. The van der Waals surface area contributed by atoms with Crippen molar-refractivity contribution in [1.82, 2.24) is 5.32 Å². The van der Waals surface area contributed by atoms with Crippen molar-refractivity contribution >= 4 is 33.2 Å². The van der Waals surface area contributed by atoms with Gasteiger partial charge >= 0.3 is 0 Å². The number of anilines is 1. The van der Waals surface area contributed by atoms with Crippen molar-refractivity contribution in [2.75, 3.05) is 4.72 Å². The predicted octanol–water partition coefficient (Wildman–Crippen LogP) is 6.52. The van der Waals surface area contributed by atoms with Gasteiger partial charge in [0.15, 0.2) is 0 Å². The molecule has 4 rings (SSSR count). The lowest BCUT2D eigenvalue weighted by Crippen LogP contribution is -2.28. The van der Waals surface area contributed by atoms with Crippen LogP contribution in [0.3, 0.4) is 0 Å². The highest BCUT2D eigenvalue weighted by atomic mass is 35.5. The number of hydrogen-bond donors (Lipinski definition) is 2. The van der Waals surface area contributed by atoms with Gasteiger partial charge in [-0.05, 0) is 98.0 Å². The molecule has 35 heavy (non-hydrogen) atoms. The molecule has 0 radical (unpaired) electrons. The fourth-order valence-electron chi connectivity index (χ4n) is 4.53. The average molecular weight is 511 g/mol. The summed E-state index contributed by atoms with van der Waals surface area (Å²) >= 11 is 6.27. The van der Waals surface area contributed by atoms with E-state index in [1.807, 2.05) is 32.9 Å². The first-order chi connectivity index (χ1) is 16.7. The summed E-state index contributed by atoms with van der Waals surface area (Å²) < 4.78 is 29.0. The van der Waals surface area contributed by atoms with Crippen molar-refractivity contribution < 1.29 is 13.2 Å². The van der Waals surface area contributed by atoms with Crippen LogP contribution in [0.25, 0.3) is 0 Å². The number of sulfonamides is 1. The zero-order chi connectivity index (χ0) is 25.2. The maximum absolute atomic E-state index is 13.2. The lowest BCUT2D eigenvalue weighted by atomic mass is 9.88. The molecule has 0 spiro atoms. The molecule has 0 fully saturated rings. The summed E-state index contributed by atoms with van der Waals surface area (Å²) in [6, 6.07) is 16.2. The summed E-state index contributed by atoms with van der Waals surface area (Å²) in [5.41, 5.74) is 6.27. The van der Waals surface area contributed by atoms with Gasteiger partial charge in [0.2, 0.25) is 0 Å². The largest absolute Gasteiger partial charge is 0.345 e. The van der Waals surface area contributed by atoms with Gasteiger partial charge in [-0.15, -0.1) is 0 Å². The topological polar surface area (TPSA) is 75.3 Å². The summed E-state index contributed by atoms with van der Waals surface area (Å²) in [6.07, 6.45) is 5.31. The summed E-state index contributed by atoms with van der Waals surface area (Å²) in [4.78, 5) is 13.0. The predicted molar refractivity (Wildman–Crippen MR) is 142 cm³/mol. The van der Waals surface area contributed by atoms with E-state index in [-0.39, 0.29) is 27.4 Å². The molecule has 0 bridgehead atoms. The number of aryl methyl sites for hydroxylation is 4. The third-order valence-electron chi connectivity index (χ3n) is 6.61. The van der Waals surface area contributed by atoms with Gasteiger partial charge < -0.3 is 5.32 Å². The molecule has 1 amide bonds. The number of nitrogens with one attached hydrogen (secondary N) is 2. The molecule has 0 heterocycles. The Bertz CT molecular complexity index is 1370. The summed E-state index contributed by atoms with van der Waals surface area (Å²) in [5, 5.41) is 3.13. The number of halogens is 1. The van der Waals surface area contributed by atoms with Gasteiger partial charge in [-0.3, -0.25) is 9.52 Å². The molecule has 3 aromatic rings. The number of fused-ring (bicyclic) bond motifs is 1. The second kappa shape index (κ2) is 10.4. The van der Waals surface area contributed by atoms with Crippen LogP contribution in [0.4, 0.5) is 5.69 Å². The van der Waals surface area contributed by atoms with E-state index < -0.39 is 10.0 Å². The standard InChI is InChI=1S/C28H31ClN2O3S/c1-4-25(22-12-11-20-7-5-6-8-21(20)16-22)30-28(32)23-13-14-24(29)27(17-23)35(33,34)31-26-15-18(2)9-10-19(26)3/h9-17,25,31H,4-8H2,1-3H3,(H,30,32)/t25-/m1/s1. The van der Waals surface area contributed by atoms with Crippen LogP contribution in [0.1, 0.15) is 70.4 Å². The van der Waals surface area contributed by atoms with Crippen molar-refractivity contribution in [2.24, 2.45) is 0 Å². The Morgan fingerprint density at radius 3 is 2.46 bits per heavy atom. The second-order valence-electron chi connectivity index (χ2n) is 9.24. The molecule has 0 saturated heterocycles. The van der Waals surface area contributed by atoms with Gasteiger partial charge in [0.25, 0.3) is 15.9 Å². The fourth-order valence-corrected chi connectivity index (χ4v) is 6.18. The average Bonchev–Trinajstić information content (AvgIpc) is 2.84. The van der Waals surface area contributed by atoms with Crippen LogP contribution in [0.15, 0.2) is 59.5 Å². The van der Waals surface area contributed by atoms with E-state index in [4.69, 9.17) is 11.6 Å². The quantitative estimate of drug-likeness (QED) is 0.380. The van der Waals surface area contributed by atoms with Gasteiger partial charge in [-0.2, -0.15) is 0 Å². The van der Waals surface area contributed by atoms with Crippen LogP contribution < -0.4 is 10.0 Å². The molecule has 5 nitrogen and oxygen atoms in total. The molecular weight excluding hydrogens is 480 g/mol. The van der Waals surface area contributed by atoms with Crippen LogP contribution in [-0.4, -0.2) is 14.3 Å². The molecular formula is C28H31ClN2O3S. The van der Waals surface area contributed by atoms with E-state index in [1.54, 1.807) is 12.1 Å². The van der Waals surface area contributed by atoms with Crippen LogP contribution >= 0.6 is 11.6 Å². The van der Waals surface area contributed by atoms with Crippen LogP contribution in [-0.2, 0) is 22.9 Å². The van der Waals surface area contributed by atoms with E-state index in [0.29, 0.717) is 5.69 Å². The second-order valence-corrected chi connectivity index (χ2v) is 11.3. The first-order valence-electron chi connectivity index (χ1n) is 12.0. The maximum Gasteiger partial charge on any atom is 0.263 e. The number of carbonyl (C=O) groups excluding carboxylic acids is 1. The Morgan fingerprint density at radius 1 is 0.971 bits per heavy atom. The van der Waals surface area contributed by atoms with Gasteiger partial charge in [-0.25, -0.2) is 8.42 Å². The van der Waals surface area contributed by atoms with Crippen molar-refractivity contribution in [3.05, 3.63) is 93.0 Å². The number of benzene rings is 3. The van der Waals surface area contributed by atoms with Gasteiger partial charge in [0.1, 0.15) is 4.90 Å². The number of hydrogen-bond acceptors (Lipinski definition) is 3. The molecule has 0 aromatic heterocycles. The SMILES string of the molecule is CC[C@@H](NC(=O)c1ccc(Cl)c(S(=O)(=O)Nc2cc(C)ccc2C)c1)c1ccc2c(c1)CCCC2. The molecule has 7 heteroatoms. The van der Waals surface area contributed by atoms with Gasteiger partial charge in [-0.1, -0.05) is 48.9 Å². The molecule has 1 aliphatic carbocycles. The zero-order valence-corrected chi connectivity index (χ0v) is 21.9. The van der Waals surface area contributed by atoms with E-state index in [0.717, 1.165) is 36.0 Å². The van der Waals surface area contributed by atoms with Crippen LogP contribution in [0, 0.1) is 13.8 Å². The third kappa shape index (κ3) is 5.71. The monoisotopic (exact) mass is 510 g/mol. The fraction of sp³-hybridized carbons (Fsp3) is 0.321.